The van der Waals surface area contributed by atoms with Crippen LogP contribution in [0.1, 0.15) is 23.9 Å². The van der Waals surface area contributed by atoms with E-state index in [1.54, 1.807) is 0 Å². The zero-order valence-corrected chi connectivity index (χ0v) is 8.54. The highest BCUT2D eigenvalue weighted by molar-refractivity contribution is 6.29. The van der Waals surface area contributed by atoms with Crippen LogP contribution in [0.3, 0.4) is 0 Å². The Morgan fingerprint density at radius 3 is 2.86 bits per heavy atom. The molecule has 1 rings (SSSR count). The predicted molar refractivity (Wildman–Crippen MR) is 52.3 cm³/mol. The third-order valence-electron chi connectivity index (χ3n) is 1.85. The maximum absolute atomic E-state index is 11.4. The van der Waals surface area contributed by atoms with Crippen molar-refractivity contribution in [3.8, 4) is 0 Å². The van der Waals surface area contributed by atoms with E-state index in [0.717, 1.165) is 0 Å². The lowest BCUT2D eigenvalue weighted by atomic mass is 10.2. The number of hydrogen-bond donors (Lipinski definition) is 2. The van der Waals surface area contributed by atoms with Crippen molar-refractivity contribution >= 4 is 17.5 Å². The van der Waals surface area contributed by atoms with Gasteiger partial charge in [-0.2, -0.15) is 0 Å². The Morgan fingerprint density at radius 2 is 2.43 bits per heavy atom. The number of aliphatic hydroxyl groups is 1. The topological polar surface area (TPSA) is 62.5 Å². The normalized spacial score (nSPS) is 12.5. The Bertz CT molecular complexity index is 307. The zero-order valence-electron chi connectivity index (χ0n) is 7.79. The van der Waals surface area contributed by atoms with Crippen molar-refractivity contribution in [2.45, 2.75) is 19.4 Å². The molecule has 0 aliphatic heterocycles. The van der Waals surface area contributed by atoms with E-state index < -0.39 is 0 Å². The molecule has 0 aliphatic rings. The number of halogens is 1. The highest BCUT2D eigenvalue weighted by atomic mass is 35.5. The lowest BCUT2D eigenvalue weighted by Gasteiger charge is -2.12. The van der Waals surface area contributed by atoms with Crippen LogP contribution in [0, 0.1) is 0 Å². The van der Waals surface area contributed by atoms with Crippen LogP contribution in [0.15, 0.2) is 16.5 Å². The molecule has 0 radical (unpaired) electrons. The molecule has 4 nitrogen and oxygen atoms in total. The number of hydrogen-bond acceptors (Lipinski definition) is 3. The first-order valence-corrected chi connectivity index (χ1v) is 4.72. The fraction of sp³-hybridized carbons (Fsp3) is 0.444. The molecule has 14 heavy (non-hydrogen) atoms. The predicted octanol–water partition coefficient (Wildman–Crippen LogP) is 1.43. The fourth-order valence-electron chi connectivity index (χ4n) is 0.970. The Balaban J connectivity index is 2.58. The first-order chi connectivity index (χ1) is 6.67. The number of nitrogens with one attached hydrogen (secondary N) is 1. The molecular weight excluding hydrogens is 206 g/mol. The molecular formula is C9H12ClNO3. The van der Waals surface area contributed by atoms with Gasteiger partial charge in [-0.25, -0.2) is 0 Å². The van der Waals surface area contributed by atoms with Crippen molar-refractivity contribution < 1.29 is 14.3 Å². The van der Waals surface area contributed by atoms with Crippen molar-refractivity contribution in [2.75, 3.05) is 6.61 Å². The average molecular weight is 218 g/mol. The Kier molecular flexibility index (Phi) is 3.98. The SMILES string of the molecule is CCC(CO)NC(=O)c1ccc(Cl)o1. The van der Waals surface area contributed by atoms with E-state index in [1.807, 2.05) is 6.92 Å². The molecule has 2 N–H and O–H groups in total. The maximum Gasteiger partial charge on any atom is 0.287 e. The molecule has 5 heteroatoms. The zero-order chi connectivity index (χ0) is 10.6. The molecule has 0 spiro atoms. The summed E-state index contributed by atoms with van der Waals surface area (Å²) in [6, 6.07) is 2.74. The molecule has 1 heterocycles. The summed E-state index contributed by atoms with van der Waals surface area (Å²) >= 11 is 5.51. The number of rotatable bonds is 4. The molecule has 0 fully saturated rings. The van der Waals surface area contributed by atoms with Gasteiger partial charge in [0.2, 0.25) is 0 Å². The molecule has 0 aromatic carbocycles. The van der Waals surface area contributed by atoms with E-state index in [1.165, 1.54) is 12.1 Å². The van der Waals surface area contributed by atoms with Gasteiger partial charge in [0.25, 0.3) is 5.91 Å². The third kappa shape index (κ3) is 2.75. The van der Waals surface area contributed by atoms with Crippen LogP contribution >= 0.6 is 11.6 Å². The lowest BCUT2D eigenvalue weighted by Crippen LogP contribution is -2.36. The van der Waals surface area contributed by atoms with Gasteiger partial charge in [0, 0.05) is 0 Å². The summed E-state index contributed by atoms with van der Waals surface area (Å²) in [4.78, 5) is 11.4. The van der Waals surface area contributed by atoms with Gasteiger partial charge >= 0.3 is 0 Å². The molecule has 1 atom stereocenters. The minimum atomic E-state index is -0.363. The van der Waals surface area contributed by atoms with Crippen LogP contribution in [-0.4, -0.2) is 23.7 Å². The maximum atomic E-state index is 11.4. The van der Waals surface area contributed by atoms with Crippen LogP contribution in [0.4, 0.5) is 0 Å². The van der Waals surface area contributed by atoms with Crippen molar-refractivity contribution in [3.63, 3.8) is 0 Å². The molecule has 1 amide bonds. The molecule has 0 saturated heterocycles. The second-order valence-corrected chi connectivity index (χ2v) is 3.24. The summed E-state index contributed by atoms with van der Waals surface area (Å²) in [5.74, 6) is -0.209. The number of carbonyl (C=O) groups is 1. The number of furan rings is 1. The van der Waals surface area contributed by atoms with Gasteiger partial charge in [-0.15, -0.1) is 0 Å². The van der Waals surface area contributed by atoms with Crippen molar-refractivity contribution in [1.29, 1.82) is 0 Å². The monoisotopic (exact) mass is 217 g/mol. The Morgan fingerprint density at radius 1 is 1.71 bits per heavy atom. The summed E-state index contributed by atoms with van der Waals surface area (Å²) in [7, 11) is 0. The fourth-order valence-corrected chi connectivity index (χ4v) is 1.12. The van der Waals surface area contributed by atoms with Gasteiger partial charge < -0.3 is 14.8 Å². The number of amides is 1. The molecule has 1 aromatic rings. The standard InChI is InChI=1S/C9H12ClNO3/c1-2-6(5-12)11-9(13)7-3-4-8(10)14-7/h3-4,6,12H,2,5H2,1H3,(H,11,13). The molecule has 78 valence electrons. The van der Waals surface area contributed by atoms with Crippen LogP contribution in [0.5, 0.6) is 0 Å². The first kappa shape index (κ1) is 11.1. The van der Waals surface area contributed by atoms with Gasteiger partial charge in [0.1, 0.15) is 0 Å². The van der Waals surface area contributed by atoms with E-state index in [9.17, 15) is 4.79 Å². The van der Waals surface area contributed by atoms with Crippen LogP contribution in [0.2, 0.25) is 5.22 Å². The summed E-state index contributed by atoms with van der Waals surface area (Å²) < 4.78 is 4.91. The smallest absolute Gasteiger partial charge is 0.287 e. The first-order valence-electron chi connectivity index (χ1n) is 4.34. The largest absolute Gasteiger partial charge is 0.440 e. The molecule has 1 aromatic heterocycles. The van der Waals surface area contributed by atoms with Gasteiger partial charge in [-0.05, 0) is 30.2 Å². The van der Waals surface area contributed by atoms with Crippen LogP contribution < -0.4 is 5.32 Å². The Hall–Kier alpha value is -1.00. The van der Waals surface area contributed by atoms with E-state index >= 15 is 0 Å². The average Bonchev–Trinajstić information content (AvgIpc) is 2.61. The Labute approximate surface area is 86.9 Å². The minimum absolute atomic E-state index is 0.0866. The van der Waals surface area contributed by atoms with Gasteiger partial charge in [-0.1, -0.05) is 6.92 Å². The van der Waals surface area contributed by atoms with Gasteiger partial charge in [0.05, 0.1) is 12.6 Å². The van der Waals surface area contributed by atoms with E-state index in [2.05, 4.69) is 5.32 Å². The number of carbonyl (C=O) groups excluding carboxylic acids is 1. The van der Waals surface area contributed by atoms with Crippen molar-refractivity contribution in [3.05, 3.63) is 23.1 Å². The van der Waals surface area contributed by atoms with Crippen LogP contribution in [0.25, 0.3) is 0 Å². The lowest BCUT2D eigenvalue weighted by molar-refractivity contribution is 0.0887. The summed E-state index contributed by atoms with van der Waals surface area (Å²) in [5.41, 5.74) is 0. The highest BCUT2D eigenvalue weighted by Crippen LogP contribution is 2.12. The second kappa shape index (κ2) is 5.02. The molecule has 1 unspecified atom stereocenters. The summed E-state index contributed by atoms with van der Waals surface area (Å²) in [6.07, 6.45) is 0.663. The summed E-state index contributed by atoms with van der Waals surface area (Å²) in [5, 5.41) is 11.6. The van der Waals surface area contributed by atoms with E-state index in [0.29, 0.717) is 6.42 Å². The highest BCUT2D eigenvalue weighted by Gasteiger charge is 2.14. The number of aliphatic hydroxyl groups excluding tert-OH is 1. The van der Waals surface area contributed by atoms with E-state index in [-0.39, 0.29) is 29.5 Å². The van der Waals surface area contributed by atoms with Gasteiger partial charge in [0.15, 0.2) is 11.0 Å². The summed E-state index contributed by atoms with van der Waals surface area (Å²) in [6.45, 7) is 1.78. The van der Waals surface area contributed by atoms with Crippen molar-refractivity contribution in [1.82, 2.24) is 5.32 Å². The molecule has 0 bridgehead atoms. The van der Waals surface area contributed by atoms with Gasteiger partial charge in [-0.3, -0.25) is 4.79 Å². The third-order valence-corrected chi connectivity index (χ3v) is 2.05. The van der Waals surface area contributed by atoms with Crippen molar-refractivity contribution in [2.24, 2.45) is 0 Å². The molecule has 0 aliphatic carbocycles. The minimum Gasteiger partial charge on any atom is -0.440 e. The molecule has 0 saturated carbocycles. The quantitative estimate of drug-likeness (QED) is 0.802. The van der Waals surface area contributed by atoms with Crippen LogP contribution in [-0.2, 0) is 0 Å². The second-order valence-electron chi connectivity index (χ2n) is 2.86. The van der Waals surface area contributed by atoms with E-state index in [4.69, 9.17) is 21.1 Å².